The molecular weight excluding hydrogens is 452 g/mol. The molecule has 4 aliphatic rings. The Morgan fingerprint density at radius 3 is 2.63 bits per heavy atom. The van der Waals surface area contributed by atoms with Crippen LogP contribution >= 0.6 is 0 Å². The van der Waals surface area contributed by atoms with Crippen LogP contribution in [0.2, 0.25) is 0 Å². The Kier molecular flexibility index (Phi) is 4.41. The summed E-state index contributed by atoms with van der Waals surface area (Å²) in [6.07, 6.45) is 1.50. The average molecular weight is 476 g/mol. The third kappa shape index (κ3) is 2.54. The molecule has 1 N–H and O–H groups in total. The van der Waals surface area contributed by atoms with Crippen molar-refractivity contribution in [2.24, 2.45) is 11.8 Å². The van der Waals surface area contributed by atoms with Gasteiger partial charge in [-0.25, -0.2) is 4.90 Å². The van der Waals surface area contributed by atoms with Crippen LogP contribution in [0.3, 0.4) is 0 Å². The number of hydrogen-bond acceptors (Lipinski definition) is 7. The molecule has 0 unspecified atom stereocenters. The van der Waals surface area contributed by atoms with Crippen LogP contribution in [0.25, 0.3) is 0 Å². The standard InChI is InChI=1S/C25H24N4O6/c1-12-9-13(2)21-15(10-12)25(24(32)26-21)20-19(16-5-4-8-27(16)25)22(30)28(23(20)31)17-11-14(29(33)34)6-7-18(17)35-3/h6-7,9-11,16,19-20H,4-5,8H2,1-3H3,(H,26,32)/t16-,19-,20+,25-/m1/s1. The number of nitrogens with one attached hydrogen (secondary N) is 1. The summed E-state index contributed by atoms with van der Waals surface area (Å²) in [4.78, 5) is 55.8. The highest BCUT2D eigenvalue weighted by Crippen LogP contribution is 2.61. The Bertz CT molecular complexity index is 1360. The highest BCUT2D eigenvalue weighted by molar-refractivity contribution is 6.26. The number of nitro groups is 1. The summed E-state index contributed by atoms with van der Waals surface area (Å²) < 4.78 is 5.37. The van der Waals surface area contributed by atoms with Gasteiger partial charge >= 0.3 is 0 Å². The minimum absolute atomic E-state index is 0.0323. The molecule has 0 aliphatic carbocycles. The largest absolute Gasteiger partial charge is 0.495 e. The van der Waals surface area contributed by atoms with Crippen molar-refractivity contribution in [1.29, 1.82) is 0 Å². The monoisotopic (exact) mass is 476 g/mol. The van der Waals surface area contributed by atoms with Crippen LogP contribution in [0.1, 0.15) is 29.5 Å². The number of benzene rings is 2. The zero-order valence-electron chi connectivity index (χ0n) is 19.5. The summed E-state index contributed by atoms with van der Waals surface area (Å²) in [7, 11) is 1.38. The zero-order chi connectivity index (χ0) is 24.8. The summed E-state index contributed by atoms with van der Waals surface area (Å²) in [5, 5.41) is 14.5. The number of ether oxygens (including phenoxy) is 1. The number of aryl methyl sites for hydroxylation is 2. The van der Waals surface area contributed by atoms with E-state index in [9.17, 15) is 24.5 Å². The predicted molar refractivity (Wildman–Crippen MR) is 125 cm³/mol. The molecule has 0 radical (unpaired) electrons. The first-order chi connectivity index (χ1) is 16.7. The van der Waals surface area contributed by atoms with Gasteiger partial charge in [-0.1, -0.05) is 17.7 Å². The molecule has 3 amide bonds. The summed E-state index contributed by atoms with van der Waals surface area (Å²) >= 11 is 0. The molecule has 3 saturated heterocycles. The van der Waals surface area contributed by atoms with E-state index in [1.807, 2.05) is 26.0 Å². The first-order valence-corrected chi connectivity index (χ1v) is 11.6. The van der Waals surface area contributed by atoms with Gasteiger partial charge in [0.15, 0.2) is 0 Å². The predicted octanol–water partition coefficient (Wildman–Crippen LogP) is 2.65. The lowest BCUT2D eigenvalue weighted by molar-refractivity contribution is -0.384. The fourth-order valence-corrected chi connectivity index (χ4v) is 6.86. The summed E-state index contributed by atoms with van der Waals surface area (Å²) in [5.41, 5.74) is 1.76. The molecule has 180 valence electrons. The van der Waals surface area contributed by atoms with Crippen molar-refractivity contribution in [2.45, 2.75) is 38.3 Å². The van der Waals surface area contributed by atoms with Crippen molar-refractivity contribution in [3.8, 4) is 5.75 Å². The van der Waals surface area contributed by atoms with Gasteiger partial charge in [-0.3, -0.25) is 29.4 Å². The number of fused-ring (bicyclic) bond motifs is 7. The van der Waals surface area contributed by atoms with Crippen LogP contribution in [-0.4, -0.2) is 47.2 Å². The van der Waals surface area contributed by atoms with E-state index in [1.165, 1.54) is 25.3 Å². The molecule has 4 aliphatic heterocycles. The molecule has 10 heteroatoms. The molecule has 4 atom stereocenters. The first kappa shape index (κ1) is 21.7. The molecule has 2 aromatic rings. The Morgan fingerprint density at radius 1 is 1.14 bits per heavy atom. The number of imide groups is 1. The fraction of sp³-hybridized carbons (Fsp3) is 0.400. The second-order valence-corrected chi connectivity index (χ2v) is 9.76. The lowest BCUT2D eigenvalue weighted by Crippen LogP contribution is -2.54. The molecule has 10 nitrogen and oxygen atoms in total. The van der Waals surface area contributed by atoms with E-state index in [1.54, 1.807) is 0 Å². The third-order valence-corrected chi connectivity index (χ3v) is 8.06. The maximum atomic E-state index is 14.1. The minimum Gasteiger partial charge on any atom is -0.495 e. The van der Waals surface area contributed by atoms with E-state index in [4.69, 9.17) is 4.74 Å². The number of anilines is 2. The normalized spacial score (nSPS) is 28.9. The highest BCUT2D eigenvalue weighted by Gasteiger charge is 2.75. The van der Waals surface area contributed by atoms with E-state index in [2.05, 4.69) is 10.2 Å². The van der Waals surface area contributed by atoms with E-state index in [0.29, 0.717) is 18.7 Å². The Hall–Kier alpha value is -3.79. The molecule has 4 heterocycles. The van der Waals surface area contributed by atoms with Crippen molar-refractivity contribution in [2.75, 3.05) is 23.9 Å². The van der Waals surface area contributed by atoms with Crippen LogP contribution in [0.5, 0.6) is 5.75 Å². The molecule has 0 aromatic heterocycles. The van der Waals surface area contributed by atoms with Crippen molar-refractivity contribution in [3.63, 3.8) is 0 Å². The third-order valence-electron chi connectivity index (χ3n) is 8.06. The van der Waals surface area contributed by atoms with Gasteiger partial charge in [-0.15, -0.1) is 0 Å². The summed E-state index contributed by atoms with van der Waals surface area (Å²) in [5.74, 6) is -2.76. The van der Waals surface area contributed by atoms with Gasteiger partial charge < -0.3 is 10.1 Å². The summed E-state index contributed by atoms with van der Waals surface area (Å²) in [6, 6.07) is 7.47. The number of carbonyl (C=O) groups is 3. The van der Waals surface area contributed by atoms with E-state index < -0.39 is 34.1 Å². The second-order valence-electron chi connectivity index (χ2n) is 9.76. The van der Waals surface area contributed by atoms with Crippen molar-refractivity contribution < 1.29 is 24.0 Å². The Morgan fingerprint density at radius 2 is 1.91 bits per heavy atom. The fourth-order valence-electron chi connectivity index (χ4n) is 6.86. The maximum Gasteiger partial charge on any atom is 0.271 e. The van der Waals surface area contributed by atoms with Crippen LogP contribution in [0.4, 0.5) is 17.1 Å². The first-order valence-electron chi connectivity index (χ1n) is 11.6. The number of nitro benzene ring substituents is 1. The molecule has 0 bridgehead atoms. The lowest BCUT2D eigenvalue weighted by atomic mass is 9.75. The molecule has 3 fully saturated rings. The quantitative estimate of drug-likeness (QED) is 0.411. The number of nitrogens with zero attached hydrogens (tertiary/aromatic N) is 3. The van der Waals surface area contributed by atoms with Crippen molar-refractivity contribution in [1.82, 2.24) is 4.90 Å². The maximum absolute atomic E-state index is 14.1. The molecule has 1 spiro atoms. The number of rotatable bonds is 3. The molecule has 0 saturated carbocycles. The van der Waals surface area contributed by atoms with Crippen LogP contribution in [0.15, 0.2) is 30.3 Å². The Balaban J connectivity index is 1.57. The number of amides is 3. The number of non-ortho nitro benzene ring substituents is 1. The van der Waals surface area contributed by atoms with E-state index in [-0.39, 0.29) is 29.1 Å². The van der Waals surface area contributed by atoms with Gasteiger partial charge in [0.05, 0.1) is 23.9 Å². The molecule has 6 rings (SSSR count). The number of carbonyl (C=O) groups excluding carboxylic acids is 3. The van der Waals surface area contributed by atoms with E-state index >= 15 is 0 Å². The van der Waals surface area contributed by atoms with Crippen LogP contribution in [-0.2, 0) is 19.9 Å². The number of hydrogen-bond donors (Lipinski definition) is 1. The molecule has 2 aromatic carbocycles. The van der Waals surface area contributed by atoms with Gasteiger partial charge in [0.2, 0.25) is 17.7 Å². The Labute approximate surface area is 201 Å². The SMILES string of the molecule is COc1ccc([N+](=O)[O-])cc1N1C(=O)[C@@H]2[C@H]3CCCN3[C@@]3(C(=O)Nc4c(C)cc(C)cc43)[C@@H]2C1=O. The van der Waals surface area contributed by atoms with Gasteiger partial charge in [-0.2, -0.15) is 0 Å². The van der Waals surface area contributed by atoms with Crippen LogP contribution < -0.4 is 15.0 Å². The van der Waals surface area contributed by atoms with Gasteiger partial charge in [0.25, 0.3) is 5.69 Å². The smallest absolute Gasteiger partial charge is 0.271 e. The van der Waals surface area contributed by atoms with Gasteiger partial charge in [-0.05, 0) is 44.9 Å². The second kappa shape index (κ2) is 7.11. The zero-order valence-corrected chi connectivity index (χ0v) is 19.5. The highest BCUT2D eigenvalue weighted by atomic mass is 16.6. The molecular formula is C25H24N4O6. The van der Waals surface area contributed by atoms with Crippen molar-refractivity contribution in [3.05, 3.63) is 57.1 Å². The molecule has 35 heavy (non-hydrogen) atoms. The lowest BCUT2D eigenvalue weighted by Gasteiger charge is -2.37. The number of methoxy groups -OCH3 is 1. The topological polar surface area (TPSA) is 122 Å². The average Bonchev–Trinajstić information content (AvgIpc) is 3.52. The van der Waals surface area contributed by atoms with Gasteiger partial charge in [0, 0.05) is 29.4 Å². The van der Waals surface area contributed by atoms with Crippen molar-refractivity contribution >= 4 is 34.8 Å². The summed E-state index contributed by atoms with van der Waals surface area (Å²) in [6.45, 7) is 4.47. The van der Waals surface area contributed by atoms with Gasteiger partial charge in [0.1, 0.15) is 17.0 Å². The van der Waals surface area contributed by atoms with E-state index in [0.717, 1.165) is 28.0 Å². The minimum atomic E-state index is -1.30. The van der Waals surface area contributed by atoms with Crippen LogP contribution in [0, 0.1) is 35.8 Å².